The number of carbonyl (C=O) groups excluding carboxylic acids is 1. The lowest BCUT2D eigenvalue weighted by Gasteiger charge is -2.04. The number of hydrogen-bond donors (Lipinski definition) is 0. The van der Waals surface area contributed by atoms with Crippen molar-refractivity contribution in [3.05, 3.63) is 69.7 Å². The number of halogens is 2. The summed E-state index contributed by atoms with van der Waals surface area (Å²) in [5.74, 6) is -0.000938. The van der Waals surface area contributed by atoms with Crippen LogP contribution in [0.15, 0.2) is 59.1 Å². The van der Waals surface area contributed by atoms with Crippen molar-refractivity contribution in [2.75, 3.05) is 0 Å². The molecule has 2 aromatic rings. The maximum atomic E-state index is 11.7. The molecule has 0 saturated heterocycles. The number of hydrogen-bond acceptors (Lipinski definition) is 2. The Morgan fingerprint density at radius 2 is 1.89 bits per heavy atom. The van der Waals surface area contributed by atoms with Crippen molar-refractivity contribution in [2.24, 2.45) is 0 Å². The SMILES string of the molecule is O=C(C=Cc1ccccc1)Oc1ccc(Cl)cc1Br. The van der Waals surface area contributed by atoms with E-state index >= 15 is 0 Å². The van der Waals surface area contributed by atoms with Crippen LogP contribution in [0.25, 0.3) is 6.08 Å². The van der Waals surface area contributed by atoms with Crippen LogP contribution in [0, 0.1) is 0 Å². The van der Waals surface area contributed by atoms with Crippen LogP contribution >= 0.6 is 27.5 Å². The third kappa shape index (κ3) is 4.23. The zero-order valence-corrected chi connectivity index (χ0v) is 12.2. The quantitative estimate of drug-likeness (QED) is 0.460. The average Bonchev–Trinajstić information content (AvgIpc) is 2.41. The molecule has 4 heteroatoms. The largest absolute Gasteiger partial charge is 0.422 e. The van der Waals surface area contributed by atoms with Crippen LogP contribution in [0.1, 0.15) is 5.56 Å². The highest BCUT2D eigenvalue weighted by Crippen LogP contribution is 2.28. The molecule has 0 aliphatic rings. The van der Waals surface area contributed by atoms with Crippen molar-refractivity contribution < 1.29 is 9.53 Å². The Hall–Kier alpha value is -1.58. The Kier molecular flexibility index (Phi) is 4.77. The van der Waals surface area contributed by atoms with Gasteiger partial charge < -0.3 is 4.74 Å². The number of rotatable bonds is 3. The summed E-state index contributed by atoms with van der Waals surface area (Å²) in [5.41, 5.74) is 0.939. The molecule has 0 heterocycles. The third-order valence-electron chi connectivity index (χ3n) is 2.32. The van der Waals surface area contributed by atoms with Crippen LogP contribution < -0.4 is 4.74 Å². The molecule has 0 unspecified atom stereocenters. The molecule has 2 rings (SSSR count). The van der Waals surface area contributed by atoms with Crippen LogP contribution in [-0.4, -0.2) is 5.97 Å². The second-order valence-electron chi connectivity index (χ2n) is 3.74. The topological polar surface area (TPSA) is 26.3 Å². The molecule has 0 N–H and O–H groups in total. The van der Waals surface area contributed by atoms with Gasteiger partial charge in [0, 0.05) is 11.1 Å². The Bertz CT molecular complexity index is 609. The smallest absolute Gasteiger partial charge is 0.336 e. The van der Waals surface area contributed by atoms with Crippen molar-refractivity contribution in [3.63, 3.8) is 0 Å². The average molecular weight is 338 g/mol. The zero-order valence-electron chi connectivity index (χ0n) is 9.85. The van der Waals surface area contributed by atoms with Crippen molar-refractivity contribution in [1.29, 1.82) is 0 Å². The summed E-state index contributed by atoms with van der Waals surface area (Å²) < 4.78 is 5.83. The monoisotopic (exact) mass is 336 g/mol. The molecule has 0 saturated carbocycles. The van der Waals surface area contributed by atoms with Gasteiger partial charge in [-0.15, -0.1) is 0 Å². The Morgan fingerprint density at radius 3 is 2.58 bits per heavy atom. The normalized spacial score (nSPS) is 10.6. The Labute approximate surface area is 124 Å². The second-order valence-corrected chi connectivity index (χ2v) is 5.03. The minimum absolute atomic E-state index is 0.437. The molecular formula is C15H10BrClO2. The Balaban J connectivity index is 2.04. The predicted octanol–water partition coefficient (Wildman–Crippen LogP) is 4.72. The highest BCUT2D eigenvalue weighted by Gasteiger charge is 2.05. The first-order valence-corrected chi connectivity index (χ1v) is 6.72. The van der Waals surface area contributed by atoms with Gasteiger partial charge in [0.2, 0.25) is 0 Å². The molecule has 0 radical (unpaired) electrons. The van der Waals surface area contributed by atoms with Gasteiger partial charge in [0.25, 0.3) is 0 Å². The highest BCUT2D eigenvalue weighted by atomic mass is 79.9. The highest BCUT2D eigenvalue weighted by molar-refractivity contribution is 9.10. The fourth-order valence-corrected chi connectivity index (χ4v) is 2.19. The molecule has 0 atom stereocenters. The van der Waals surface area contributed by atoms with Crippen molar-refractivity contribution in [2.45, 2.75) is 0 Å². The molecule has 0 spiro atoms. The Morgan fingerprint density at radius 1 is 1.16 bits per heavy atom. The van der Waals surface area contributed by atoms with E-state index in [0.29, 0.717) is 15.2 Å². The van der Waals surface area contributed by atoms with E-state index in [2.05, 4.69) is 15.9 Å². The number of carbonyl (C=O) groups is 1. The summed E-state index contributed by atoms with van der Waals surface area (Å²) in [6, 6.07) is 14.5. The van der Waals surface area contributed by atoms with Crippen LogP contribution in [0.5, 0.6) is 5.75 Å². The molecule has 2 aromatic carbocycles. The van der Waals surface area contributed by atoms with Gasteiger partial charge in [-0.3, -0.25) is 0 Å². The molecule has 0 aliphatic heterocycles. The first kappa shape index (κ1) is 13.8. The van der Waals surface area contributed by atoms with Crippen LogP contribution in [-0.2, 0) is 4.79 Å². The summed E-state index contributed by atoms with van der Waals surface area (Å²) in [6.07, 6.45) is 3.09. The van der Waals surface area contributed by atoms with E-state index in [9.17, 15) is 4.79 Å². The molecule has 0 fully saturated rings. The number of ether oxygens (including phenoxy) is 1. The molecule has 0 amide bonds. The fraction of sp³-hybridized carbons (Fsp3) is 0. The first-order chi connectivity index (χ1) is 9.15. The predicted molar refractivity (Wildman–Crippen MR) is 80.3 cm³/mol. The van der Waals surface area contributed by atoms with Gasteiger partial charge in [0.1, 0.15) is 5.75 Å². The minimum atomic E-state index is -0.438. The van der Waals surface area contributed by atoms with Gasteiger partial charge >= 0.3 is 5.97 Å². The van der Waals surface area contributed by atoms with Gasteiger partial charge in [0.15, 0.2) is 0 Å². The molecular weight excluding hydrogens is 328 g/mol. The summed E-state index contributed by atoms with van der Waals surface area (Å²) in [5, 5.41) is 0.575. The molecule has 2 nitrogen and oxygen atoms in total. The second kappa shape index (κ2) is 6.55. The lowest BCUT2D eigenvalue weighted by Crippen LogP contribution is -2.04. The lowest BCUT2D eigenvalue weighted by molar-refractivity contribution is -0.128. The van der Waals surface area contributed by atoms with Gasteiger partial charge in [-0.25, -0.2) is 4.79 Å². The van der Waals surface area contributed by atoms with E-state index in [1.54, 1.807) is 24.3 Å². The zero-order chi connectivity index (χ0) is 13.7. The summed E-state index contributed by atoms with van der Waals surface area (Å²) in [4.78, 5) is 11.7. The molecule has 0 aliphatic carbocycles. The van der Waals surface area contributed by atoms with Gasteiger partial charge in [-0.1, -0.05) is 41.9 Å². The number of esters is 1. The van der Waals surface area contributed by atoms with Crippen LogP contribution in [0.3, 0.4) is 0 Å². The molecule has 96 valence electrons. The maximum absolute atomic E-state index is 11.7. The van der Waals surface area contributed by atoms with Crippen molar-refractivity contribution in [1.82, 2.24) is 0 Å². The van der Waals surface area contributed by atoms with E-state index < -0.39 is 5.97 Å². The van der Waals surface area contributed by atoms with Crippen LogP contribution in [0.4, 0.5) is 0 Å². The van der Waals surface area contributed by atoms with Crippen molar-refractivity contribution in [3.8, 4) is 5.75 Å². The summed E-state index contributed by atoms with van der Waals surface area (Å²) in [6.45, 7) is 0. The fourth-order valence-electron chi connectivity index (χ4n) is 1.43. The standard InChI is InChI=1S/C15H10BrClO2/c16-13-10-12(17)7-8-14(13)19-15(18)9-6-11-4-2-1-3-5-11/h1-10H. The van der Waals surface area contributed by atoms with Gasteiger partial charge in [-0.05, 0) is 45.8 Å². The van der Waals surface area contributed by atoms with Gasteiger partial charge in [-0.2, -0.15) is 0 Å². The third-order valence-corrected chi connectivity index (χ3v) is 3.17. The molecule has 0 bridgehead atoms. The van der Waals surface area contributed by atoms with E-state index in [4.69, 9.17) is 16.3 Å². The van der Waals surface area contributed by atoms with E-state index in [0.717, 1.165) is 5.56 Å². The lowest BCUT2D eigenvalue weighted by atomic mass is 10.2. The first-order valence-electron chi connectivity index (χ1n) is 5.55. The molecule has 0 aromatic heterocycles. The maximum Gasteiger partial charge on any atom is 0.336 e. The van der Waals surface area contributed by atoms with E-state index in [-0.39, 0.29) is 0 Å². The number of benzene rings is 2. The van der Waals surface area contributed by atoms with Gasteiger partial charge in [0.05, 0.1) is 4.47 Å². The van der Waals surface area contributed by atoms with Crippen molar-refractivity contribution >= 4 is 39.6 Å². The molecule has 19 heavy (non-hydrogen) atoms. The minimum Gasteiger partial charge on any atom is -0.422 e. The summed E-state index contributed by atoms with van der Waals surface area (Å²) in [7, 11) is 0. The van der Waals surface area contributed by atoms with E-state index in [1.165, 1.54) is 6.08 Å². The summed E-state index contributed by atoms with van der Waals surface area (Å²) >= 11 is 9.10. The van der Waals surface area contributed by atoms with Crippen LogP contribution in [0.2, 0.25) is 5.02 Å². The van der Waals surface area contributed by atoms with E-state index in [1.807, 2.05) is 30.3 Å².